The average Bonchev–Trinajstić information content (AvgIpc) is 3.51. The number of methoxy groups -OCH3 is 2. The molecule has 3 aromatic carbocycles. The Hall–Kier alpha value is -3.44. The van der Waals surface area contributed by atoms with Crippen molar-refractivity contribution in [3.05, 3.63) is 104 Å². The summed E-state index contributed by atoms with van der Waals surface area (Å²) >= 11 is 12.7. The zero-order chi connectivity index (χ0) is 42.6. The maximum atomic E-state index is 13.8. The average molecular weight is 875 g/mol. The number of rotatable bonds is 14. The fourth-order valence-corrected chi connectivity index (χ4v) is 8.87. The molecule has 0 saturated carbocycles. The molecule has 1 aliphatic carbocycles. The maximum absolute atomic E-state index is 13.8. The van der Waals surface area contributed by atoms with Gasteiger partial charge in [-0.3, -0.25) is 9.59 Å². The van der Waals surface area contributed by atoms with Crippen LogP contribution in [0.15, 0.2) is 60.7 Å². The molecule has 2 amide bonds. The topological polar surface area (TPSA) is 80.8 Å². The van der Waals surface area contributed by atoms with Crippen molar-refractivity contribution in [1.82, 2.24) is 14.7 Å². The molecule has 322 valence electrons. The van der Waals surface area contributed by atoms with Crippen LogP contribution in [0.5, 0.6) is 0 Å². The van der Waals surface area contributed by atoms with Crippen LogP contribution in [-0.4, -0.2) is 119 Å². The van der Waals surface area contributed by atoms with Gasteiger partial charge in [0.1, 0.15) is 12.2 Å². The molecule has 0 bridgehead atoms. The van der Waals surface area contributed by atoms with Gasteiger partial charge in [-0.2, -0.15) is 26.3 Å². The normalized spacial score (nSPS) is 20.8. The van der Waals surface area contributed by atoms with Crippen molar-refractivity contribution < 1.29 is 54.9 Å². The van der Waals surface area contributed by atoms with E-state index in [2.05, 4.69) is 17.0 Å². The van der Waals surface area contributed by atoms with Gasteiger partial charge in [0.05, 0.1) is 53.6 Å². The Balaban J connectivity index is 1.20. The van der Waals surface area contributed by atoms with E-state index in [0.29, 0.717) is 76.5 Å². The smallest absolute Gasteiger partial charge is 0.383 e. The number of carbonyl (C=O) groups is 2. The minimum absolute atomic E-state index is 0.000756. The van der Waals surface area contributed by atoms with Crippen molar-refractivity contribution in [2.75, 3.05) is 86.5 Å². The lowest BCUT2D eigenvalue weighted by Crippen LogP contribution is -2.54. The van der Waals surface area contributed by atoms with Gasteiger partial charge in [-0.05, 0) is 85.8 Å². The van der Waals surface area contributed by atoms with Crippen molar-refractivity contribution in [2.45, 2.75) is 55.2 Å². The molecule has 2 atom stereocenters. The second-order valence-electron chi connectivity index (χ2n) is 15.3. The molecule has 6 rings (SSSR count). The molecular formula is C42H47Cl2F6N3O6. The van der Waals surface area contributed by atoms with E-state index in [9.17, 15) is 35.9 Å². The Morgan fingerprint density at radius 1 is 0.864 bits per heavy atom. The summed E-state index contributed by atoms with van der Waals surface area (Å²) in [6.07, 6.45) is -8.05. The van der Waals surface area contributed by atoms with Crippen LogP contribution in [0.3, 0.4) is 0 Å². The summed E-state index contributed by atoms with van der Waals surface area (Å²) in [6.45, 7) is 3.02. The van der Waals surface area contributed by atoms with Crippen molar-refractivity contribution in [3.63, 3.8) is 0 Å². The number of amides is 2. The highest BCUT2D eigenvalue weighted by molar-refractivity contribution is 6.42. The molecule has 0 unspecified atom stereocenters. The SMILES string of the molecule is COCCN(CCOC)C(=O)CO[C@H]1Cc2ccccc2C12CCN(CC[C@@]1(c3ccc(Cl)c(Cl)c3)CN(C(=O)c3cc(C(F)(F)F)cc(C(F)(F)F)c3)CCO1)CC2. The van der Waals surface area contributed by atoms with Gasteiger partial charge in [-0.25, -0.2) is 0 Å². The summed E-state index contributed by atoms with van der Waals surface area (Å²) in [4.78, 5) is 32.3. The van der Waals surface area contributed by atoms with E-state index in [4.69, 9.17) is 42.1 Å². The summed E-state index contributed by atoms with van der Waals surface area (Å²) in [6, 6.07) is 14.0. The number of nitrogens with zero attached hydrogens (tertiary/aromatic N) is 3. The largest absolute Gasteiger partial charge is 0.416 e. The lowest BCUT2D eigenvalue weighted by atomic mass is 9.72. The van der Waals surface area contributed by atoms with Crippen molar-refractivity contribution >= 4 is 35.0 Å². The van der Waals surface area contributed by atoms with E-state index < -0.39 is 40.6 Å². The van der Waals surface area contributed by atoms with Crippen LogP contribution in [0.4, 0.5) is 26.3 Å². The number of ether oxygens (including phenoxy) is 4. The number of hydrogen-bond acceptors (Lipinski definition) is 7. The quantitative estimate of drug-likeness (QED) is 0.153. The summed E-state index contributed by atoms with van der Waals surface area (Å²) in [5.74, 6) is -1.14. The van der Waals surface area contributed by atoms with Crippen molar-refractivity contribution in [3.8, 4) is 0 Å². The minimum Gasteiger partial charge on any atom is -0.383 e. The van der Waals surface area contributed by atoms with Crippen LogP contribution in [0.2, 0.25) is 10.0 Å². The number of hydrogen-bond donors (Lipinski definition) is 0. The third-order valence-corrected chi connectivity index (χ3v) is 12.5. The first-order chi connectivity index (χ1) is 28.0. The maximum Gasteiger partial charge on any atom is 0.416 e. The molecule has 0 aromatic heterocycles. The summed E-state index contributed by atoms with van der Waals surface area (Å²) < 4.78 is 106. The standard InChI is InChI=1S/C42H47Cl2F6N3O6/c1-56-18-15-52(16-19-57-2)37(54)26-58-36-23-28-5-3-4-6-33(28)39(36)9-12-51(13-10-39)14-11-40(30-7-8-34(43)35(44)25-30)27-53(17-20-59-40)38(55)29-21-31(41(45,46)47)24-32(22-29)42(48,49)50/h3-8,21-22,24-25,36H,9-20,23,26-27H2,1-2H3/t36-,40-/m0/s1. The van der Waals surface area contributed by atoms with E-state index in [1.54, 1.807) is 37.3 Å². The molecule has 9 nitrogen and oxygen atoms in total. The Labute approximate surface area is 349 Å². The van der Waals surface area contributed by atoms with E-state index >= 15 is 0 Å². The first-order valence-electron chi connectivity index (χ1n) is 19.4. The number of likely N-dealkylation sites (tertiary alicyclic amines) is 1. The molecule has 3 aliphatic rings. The number of benzene rings is 3. The van der Waals surface area contributed by atoms with Gasteiger partial charge in [0.15, 0.2) is 0 Å². The predicted molar refractivity (Wildman–Crippen MR) is 209 cm³/mol. The van der Waals surface area contributed by atoms with Crippen LogP contribution in [0.25, 0.3) is 0 Å². The van der Waals surface area contributed by atoms with Gasteiger partial charge < -0.3 is 33.6 Å². The zero-order valence-corrected chi connectivity index (χ0v) is 34.3. The molecule has 17 heteroatoms. The third-order valence-electron chi connectivity index (χ3n) is 11.8. The first-order valence-corrected chi connectivity index (χ1v) is 20.1. The van der Waals surface area contributed by atoms with E-state index in [0.717, 1.165) is 12.8 Å². The number of carbonyl (C=O) groups excluding carboxylic acids is 2. The van der Waals surface area contributed by atoms with E-state index in [1.165, 1.54) is 16.0 Å². The molecule has 59 heavy (non-hydrogen) atoms. The van der Waals surface area contributed by atoms with E-state index in [-0.39, 0.29) is 59.8 Å². The van der Waals surface area contributed by atoms with Crippen LogP contribution >= 0.6 is 23.2 Å². The van der Waals surface area contributed by atoms with Gasteiger partial charge in [-0.1, -0.05) is 53.5 Å². The summed E-state index contributed by atoms with van der Waals surface area (Å²) in [5, 5.41) is 0.486. The third kappa shape index (κ3) is 10.2. The van der Waals surface area contributed by atoms with Crippen LogP contribution in [-0.2, 0) is 53.5 Å². The van der Waals surface area contributed by atoms with Gasteiger partial charge in [0, 0.05) is 51.4 Å². The molecule has 0 radical (unpaired) electrons. The molecule has 2 heterocycles. The van der Waals surface area contributed by atoms with Crippen molar-refractivity contribution in [2.24, 2.45) is 0 Å². The fraction of sp³-hybridized carbons (Fsp3) is 0.524. The highest BCUT2D eigenvalue weighted by atomic mass is 35.5. The zero-order valence-electron chi connectivity index (χ0n) is 32.8. The Morgan fingerprint density at radius 2 is 1.51 bits per heavy atom. The van der Waals surface area contributed by atoms with Gasteiger partial charge in [-0.15, -0.1) is 0 Å². The van der Waals surface area contributed by atoms with Gasteiger partial charge in [0.25, 0.3) is 5.91 Å². The number of alkyl halides is 6. The molecule has 2 aliphatic heterocycles. The monoisotopic (exact) mass is 873 g/mol. The molecule has 1 spiro atoms. The summed E-state index contributed by atoms with van der Waals surface area (Å²) in [7, 11) is 3.16. The first kappa shape index (κ1) is 45.1. The Bertz CT molecular complexity index is 1920. The number of morpholine rings is 1. The lowest BCUT2D eigenvalue weighted by Gasteiger charge is -2.46. The highest BCUT2D eigenvalue weighted by Gasteiger charge is 2.50. The predicted octanol–water partition coefficient (Wildman–Crippen LogP) is 7.89. The number of piperidine rings is 1. The van der Waals surface area contributed by atoms with Crippen molar-refractivity contribution in [1.29, 1.82) is 0 Å². The molecule has 2 fully saturated rings. The van der Waals surface area contributed by atoms with E-state index in [1.807, 2.05) is 12.1 Å². The molecule has 3 aromatic rings. The van der Waals surface area contributed by atoms with Crippen LogP contribution < -0.4 is 0 Å². The minimum atomic E-state index is -5.11. The fourth-order valence-electron chi connectivity index (χ4n) is 8.57. The summed E-state index contributed by atoms with van der Waals surface area (Å²) in [5.41, 5.74) is -2.50. The van der Waals surface area contributed by atoms with Gasteiger partial charge >= 0.3 is 12.4 Å². The molecule has 0 N–H and O–H groups in total. The Morgan fingerprint density at radius 3 is 2.12 bits per heavy atom. The Kier molecular flexibility index (Phi) is 14.3. The van der Waals surface area contributed by atoms with Crippen LogP contribution in [0.1, 0.15) is 57.4 Å². The number of halogens is 8. The second-order valence-corrected chi connectivity index (χ2v) is 16.1. The number of fused-ring (bicyclic) bond motifs is 2. The molecular weight excluding hydrogens is 827 g/mol. The molecule has 2 saturated heterocycles. The lowest BCUT2D eigenvalue weighted by molar-refractivity contribution is -0.143. The van der Waals surface area contributed by atoms with Crippen LogP contribution in [0, 0.1) is 0 Å². The second kappa shape index (κ2) is 18.7. The van der Waals surface area contributed by atoms with Gasteiger partial charge in [0.2, 0.25) is 5.91 Å². The highest BCUT2D eigenvalue weighted by Crippen LogP contribution is 2.48.